The third-order valence-corrected chi connectivity index (χ3v) is 3.23. The van der Waals surface area contributed by atoms with E-state index < -0.39 is 6.04 Å². The van der Waals surface area contributed by atoms with E-state index in [-0.39, 0.29) is 12.5 Å². The largest absolute Gasteiger partial charge is 0.395 e. The highest BCUT2D eigenvalue weighted by atomic mass is 16.3. The summed E-state index contributed by atoms with van der Waals surface area (Å²) < 4.78 is 0. The molecule has 1 atom stereocenters. The highest BCUT2D eigenvalue weighted by Crippen LogP contribution is 2.28. The van der Waals surface area contributed by atoms with Crippen molar-refractivity contribution in [2.45, 2.75) is 25.4 Å². The lowest BCUT2D eigenvalue weighted by Crippen LogP contribution is -2.45. The predicted molar refractivity (Wildman–Crippen MR) is 70.1 cm³/mol. The number of hydrogen-bond donors (Lipinski definition) is 3. The number of benzene rings is 1. The van der Waals surface area contributed by atoms with E-state index in [1.165, 1.54) is 0 Å². The van der Waals surface area contributed by atoms with Gasteiger partial charge in [0.2, 0.25) is 5.91 Å². The van der Waals surface area contributed by atoms with Crippen LogP contribution in [0.2, 0.25) is 0 Å². The number of aryl methyl sites for hydroxylation is 1. The Morgan fingerprint density at radius 1 is 1.39 bits per heavy atom. The molecule has 0 radical (unpaired) electrons. The predicted octanol–water partition coefficient (Wildman–Crippen LogP) is -0.256. The molecule has 0 saturated carbocycles. The van der Waals surface area contributed by atoms with Crippen molar-refractivity contribution in [1.29, 1.82) is 0 Å². The Morgan fingerprint density at radius 2 is 2.17 bits per heavy atom. The second-order valence-electron chi connectivity index (χ2n) is 4.61. The SMILES string of the molecule is NCc1ccc2c(c1)CCC(=O)N2CC(N)CO. The van der Waals surface area contributed by atoms with Gasteiger partial charge in [0.1, 0.15) is 0 Å². The summed E-state index contributed by atoms with van der Waals surface area (Å²) in [4.78, 5) is 13.6. The maximum atomic E-state index is 11.9. The molecule has 1 aliphatic rings. The molecule has 18 heavy (non-hydrogen) atoms. The summed E-state index contributed by atoms with van der Waals surface area (Å²) in [5, 5.41) is 9.00. The molecule has 2 rings (SSSR count). The lowest BCUT2D eigenvalue weighted by Gasteiger charge is -2.31. The standard InChI is InChI=1S/C13H19N3O2/c14-6-9-1-3-12-10(5-9)2-4-13(18)16(12)7-11(15)8-17/h1,3,5,11,17H,2,4,6-8,14-15H2. The number of anilines is 1. The lowest BCUT2D eigenvalue weighted by molar-refractivity contribution is -0.119. The summed E-state index contributed by atoms with van der Waals surface area (Å²) in [6.45, 7) is 0.724. The molecular formula is C13H19N3O2. The molecule has 0 bridgehead atoms. The molecule has 0 aromatic heterocycles. The third kappa shape index (κ3) is 2.53. The van der Waals surface area contributed by atoms with E-state index in [0.29, 0.717) is 19.5 Å². The fourth-order valence-corrected chi connectivity index (χ4v) is 2.23. The monoisotopic (exact) mass is 249 g/mol. The molecule has 1 amide bonds. The first-order valence-corrected chi connectivity index (χ1v) is 6.14. The first-order chi connectivity index (χ1) is 8.65. The van der Waals surface area contributed by atoms with Gasteiger partial charge in [0.25, 0.3) is 0 Å². The van der Waals surface area contributed by atoms with Crippen LogP contribution in [0.25, 0.3) is 0 Å². The van der Waals surface area contributed by atoms with Gasteiger partial charge in [-0.2, -0.15) is 0 Å². The molecule has 1 unspecified atom stereocenters. The lowest BCUT2D eigenvalue weighted by atomic mass is 9.98. The third-order valence-electron chi connectivity index (χ3n) is 3.23. The van der Waals surface area contributed by atoms with Crippen LogP contribution in [0, 0.1) is 0 Å². The van der Waals surface area contributed by atoms with Gasteiger partial charge in [-0.1, -0.05) is 12.1 Å². The van der Waals surface area contributed by atoms with Gasteiger partial charge in [-0.05, 0) is 23.6 Å². The summed E-state index contributed by atoms with van der Waals surface area (Å²) in [5.41, 5.74) is 14.4. The van der Waals surface area contributed by atoms with E-state index in [4.69, 9.17) is 16.6 Å². The summed E-state index contributed by atoms with van der Waals surface area (Å²) in [6.07, 6.45) is 1.23. The average molecular weight is 249 g/mol. The van der Waals surface area contributed by atoms with Crippen LogP contribution in [0.3, 0.4) is 0 Å². The van der Waals surface area contributed by atoms with Crippen molar-refractivity contribution in [2.24, 2.45) is 11.5 Å². The van der Waals surface area contributed by atoms with E-state index >= 15 is 0 Å². The Kier molecular flexibility index (Phi) is 3.96. The summed E-state index contributed by atoms with van der Waals surface area (Å²) >= 11 is 0. The average Bonchev–Trinajstić information content (AvgIpc) is 2.41. The fraction of sp³-hybridized carbons (Fsp3) is 0.462. The second kappa shape index (κ2) is 5.48. The number of aliphatic hydroxyl groups is 1. The van der Waals surface area contributed by atoms with Gasteiger partial charge in [0.05, 0.1) is 6.61 Å². The van der Waals surface area contributed by atoms with Gasteiger partial charge in [-0.15, -0.1) is 0 Å². The Morgan fingerprint density at radius 3 is 2.83 bits per heavy atom. The topological polar surface area (TPSA) is 92.6 Å². The van der Waals surface area contributed by atoms with Crippen LogP contribution in [0.4, 0.5) is 5.69 Å². The Hall–Kier alpha value is -1.43. The maximum absolute atomic E-state index is 11.9. The van der Waals surface area contributed by atoms with Crippen LogP contribution >= 0.6 is 0 Å². The first kappa shape index (κ1) is 13.0. The Labute approximate surface area is 106 Å². The number of nitrogens with two attached hydrogens (primary N) is 2. The first-order valence-electron chi connectivity index (χ1n) is 6.14. The molecule has 1 aromatic carbocycles. The molecule has 98 valence electrons. The number of aliphatic hydroxyl groups excluding tert-OH is 1. The molecular weight excluding hydrogens is 230 g/mol. The molecule has 5 heteroatoms. The van der Waals surface area contributed by atoms with E-state index in [0.717, 1.165) is 23.2 Å². The molecule has 5 nitrogen and oxygen atoms in total. The van der Waals surface area contributed by atoms with Crippen molar-refractivity contribution < 1.29 is 9.90 Å². The molecule has 5 N–H and O–H groups in total. The molecule has 0 saturated heterocycles. The molecule has 1 aromatic rings. The van der Waals surface area contributed by atoms with Crippen LogP contribution in [0.1, 0.15) is 17.5 Å². The molecule has 1 aliphatic heterocycles. The van der Waals surface area contributed by atoms with Crippen LogP contribution in [-0.4, -0.2) is 30.2 Å². The minimum atomic E-state index is -0.408. The van der Waals surface area contributed by atoms with Gasteiger partial charge < -0.3 is 21.5 Å². The van der Waals surface area contributed by atoms with Gasteiger partial charge in [0, 0.05) is 31.2 Å². The van der Waals surface area contributed by atoms with Gasteiger partial charge in [0.15, 0.2) is 0 Å². The van der Waals surface area contributed by atoms with Gasteiger partial charge in [-0.3, -0.25) is 4.79 Å². The molecule has 0 aliphatic carbocycles. The Bertz CT molecular complexity index is 448. The number of fused-ring (bicyclic) bond motifs is 1. The van der Waals surface area contributed by atoms with Crippen molar-refractivity contribution in [1.82, 2.24) is 0 Å². The van der Waals surface area contributed by atoms with E-state index in [1.807, 2.05) is 18.2 Å². The van der Waals surface area contributed by atoms with Crippen LogP contribution in [-0.2, 0) is 17.8 Å². The van der Waals surface area contributed by atoms with E-state index in [1.54, 1.807) is 4.90 Å². The zero-order valence-electron chi connectivity index (χ0n) is 10.3. The highest BCUT2D eigenvalue weighted by molar-refractivity contribution is 5.96. The van der Waals surface area contributed by atoms with Crippen molar-refractivity contribution in [3.63, 3.8) is 0 Å². The number of hydrogen-bond acceptors (Lipinski definition) is 4. The highest BCUT2D eigenvalue weighted by Gasteiger charge is 2.25. The van der Waals surface area contributed by atoms with Crippen molar-refractivity contribution in [3.8, 4) is 0 Å². The van der Waals surface area contributed by atoms with E-state index in [2.05, 4.69) is 0 Å². The maximum Gasteiger partial charge on any atom is 0.227 e. The number of amides is 1. The number of carbonyl (C=O) groups is 1. The molecule has 1 heterocycles. The van der Waals surface area contributed by atoms with Gasteiger partial charge >= 0.3 is 0 Å². The smallest absolute Gasteiger partial charge is 0.227 e. The fourth-order valence-electron chi connectivity index (χ4n) is 2.23. The van der Waals surface area contributed by atoms with Crippen molar-refractivity contribution in [2.75, 3.05) is 18.1 Å². The van der Waals surface area contributed by atoms with Crippen LogP contribution in [0.5, 0.6) is 0 Å². The van der Waals surface area contributed by atoms with Crippen molar-refractivity contribution >= 4 is 11.6 Å². The zero-order valence-corrected chi connectivity index (χ0v) is 10.3. The number of carbonyl (C=O) groups excluding carboxylic acids is 1. The second-order valence-corrected chi connectivity index (χ2v) is 4.61. The zero-order chi connectivity index (χ0) is 13.1. The van der Waals surface area contributed by atoms with Crippen LogP contribution in [0.15, 0.2) is 18.2 Å². The van der Waals surface area contributed by atoms with Crippen molar-refractivity contribution in [3.05, 3.63) is 29.3 Å². The summed E-state index contributed by atoms with van der Waals surface area (Å²) in [7, 11) is 0. The molecule has 0 spiro atoms. The number of rotatable bonds is 4. The van der Waals surface area contributed by atoms with E-state index in [9.17, 15) is 4.79 Å². The summed E-state index contributed by atoms with van der Waals surface area (Å²) in [6, 6.07) is 5.47. The minimum absolute atomic E-state index is 0.0619. The quantitative estimate of drug-likeness (QED) is 0.685. The van der Waals surface area contributed by atoms with Gasteiger partial charge in [-0.25, -0.2) is 0 Å². The number of nitrogens with zero attached hydrogens (tertiary/aromatic N) is 1. The van der Waals surface area contributed by atoms with Crippen LogP contribution < -0.4 is 16.4 Å². The Balaban J connectivity index is 2.29. The minimum Gasteiger partial charge on any atom is -0.395 e. The summed E-state index contributed by atoms with van der Waals surface area (Å²) in [5.74, 6) is 0.0619. The normalized spacial score (nSPS) is 16.6. The molecule has 0 fully saturated rings.